The van der Waals surface area contributed by atoms with Crippen molar-refractivity contribution in [2.75, 3.05) is 13.1 Å². The van der Waals surface area contributed by atoms with Gasteiger partial charge in [-0.1, -0.05) is 104 Å². The molecule has 5 atom stereocenters. The molecule has 3 heteroatoms. The van der Waals surface area contributed by atoms with Gasteiger partial charge in [-0.3, -0.25) is 4.98 Å². The number of pyridine rings is 1. The van der Waals surface area contributed by atoms with Crippen LogP contribution < -0.4 is 0 Å². The van der Waals surface area contributed by atoms with E-state index < -0.39 is 0 Å². The molecule has 0 N–H and O–H groups in total. The van der Waals surface area contributed by atoms with E-state index in [2.05, 4.69) is 122 Å². The Hall–Kier alpha value is -4.05. The first-order valence-corrected chi connectivity index (χ1v) is 16.5. The van der Waals surface area contributed by atoms with Crippen LogP contribution in [-0.4, -0.2) is 28.6 Å². The van der Waals surface area contributed by atoms with Crippen LogP contribution >= 0.6 is 0 Å². The Morgan fingerprint density at radius 3 is 2.23 bits per heavy atom. The highest BCUT2D eigenvalue weighted by atomic mass is 16.5. The molecule has 9 rings (SSSR count). The fraction of sp³-hybridized carbons (Fsp3) is 0.293. The second-order valence-electron chi connectivity index (χ2n) is 13.2. The maximum Gasteiger partial charge on any atom is 0.135 e. The molecular formula is C41H41N2O+. The molecule has 5 aromatic carbocycles. The van der Waals surface area contributed by atoms with Crippen molar-refractivity contribution in [3.8, 4) is 0 Å². The minimum absolute atomic E-state index is 0.0232. The lowest BCUT2D eigenvalue weighted by Gasteiger charge is -2.59. The minimum atomic E-state index is -0.0232. The van der Waals surface area contributed by atoms with E-state index >= 15 is 0 Å². The second-order valence-corrected chi connectivity index (χ2v) is 13.2. The van der Waals surface area contributed by atoms with Crippen molar-refractivity contribution in [1.29, 1.82) is 0 Å². The number of rotatable bonds is 8. The van der Waals surface area contributed by atoms with Crippen molar-refractivity contribution in [2.45, 2.75) is 51.5 Å². The number of para-hydroxylation sites is 1. The zero-order chi connectivity index (χ0) is 29.5. The number of quaternary nitrogens is 1. The Morgan fingerprint density at radius 1 is 0.795 bits per heavy atom. The zero-order valence-electron chi connectivity index (χ0n) is 25.6. The van der Waals surface area contributed by atoms with Crippen molar-refractivity contribution in [3.63, 3.8) is 0 Å². The quantitative estimate of drug-likeness (QED) is 0.133. The van der Waals surface area contributed by atoms with E-state index in [1.165, 1.54) is 76.0 Å². The Balaban J connectivity index is 1.29. The molecule has 0 amide bonds. The molecule has 1 aromatic heterocycles. The maximum atomic E-state index is 7.18. The van der Waals surface area contributed by atoms with E-state index in [1.54, 1.807) is 0 Å². The third kappa shape index (κ3) is 4.80. The molecule has 4 unspecified atom stereocenters. The Kier molecular flexibility index (Phi) is 7.16. The molecule has 3 saturated heterocycles. The highest BCUT2D eigenvalue weighted by Gasteiger charge is 2.55. The number of nitrogens with zero attached hydrogens (tertiary/aromatic N) is 2. The summed E-state index contributed by atoms with van der Waals surface area (Å²) in [6.45, 7) is 6.47. The van der Waals surface area contributed by atoms with E-state index in [0.29, 0.717) is 12.6 Å². The van der Waals surface area contributed by atoms with Crippen molar-refractivity contribution in [3.05, 3.63) is 138 Å². The van der Waals surface area contributed by atoms with Gasteiger partial charge in [0.05, 0.1) is 25.2 Å². The molecule has 3 aliphatic rings. The van der Waals surface area contributed by atoms with Crippen LogP contribution in [0.3, 0.4) is 0 Å². The third-order valence-electron chi connectivity index (χ3n) is 10.9. The van der Waals surface area contributed by atoms with Crippen molar-refractivity contribution < 1.29 is 9.22 Å². The Bertz CT molecular complexity index is 1880. The summed E-state index contributed by atoms with van der Waals surface area (Å²) in [6, 6.07) is 42.3. The first-order chi connectivity index (χ1) is 21.7. The number of hydrogen-bond donors (Lipinski definition) is 0. The van der Waals surface area contributed by atoms with Gasteiger partial charge in [0.15, 0.2) is 0 Å². The first-order valence-electron chi connectivity index (χ1n) is 16.5. The normalized spacial score (nSPS) is 23.8. The van der Waals surface area contributed by atoms with Gasteiger partial charge in [-0.15, -0.1) is 0 Å². The van der Waals surface area contributed by atoms with Crippen LogP contribution in [0.2, 0.25) is 0 Å². The lowest BCUT2D eigenvalue weighted by Crippen LogP contribution is -2.67. The molecule has 0 spiro atoms. The van der Waals surface area contributed by atoms with Gasteiger partial charge in [0.1, 0.15) is 18.7 Å². The number of hydrogen-bond acceptors (Lipinski definition) is 2. The van der Waals surface area contributed by atoms with Crippen LogP contribution in [0.15, 0.2) is 121 Å². The molecule has 3 aliphatic heterocycles. The fourth-order valence-electron chi connectivity index (χ4n) is 8.77. The summed E-state index contributed by atoms with van der Waals surface area (Å²) in [5, 5.41) is 6.69. The van der Waals surface area contributed by atoms with Crippen molar-refractivity contribution in [2.24, 2.45) is 11.8 Å². The van der Waals surface area contributed by atoms with Crippen molar-refractivity contribution >= 4 is 32.4 Å². The second kappa shape index (κ2) is 11.5. The molecule has 2 bridgehead atoms. The fourth-order valence-corrected chi connectivity index (χ4v) is 8.77. The van der Waals surface area contributed by atoms with Gasteiger partial charge in [-0.05, 0) is 63.2 Å². The van der Waals surface area contributed by atoms with Crippen LogP contribution in [-0.2, 0) is 17.9 Å². The predicted molar refractivity (Wildman–Crippen MR) is 181 cm³/mol. The summed E-state index contributed by atoms with van der Waals surface area (Å²) in [5.74, 6) is 1.51. The molecule has 0 saturated carbocycles. The number of benzene rings is 5. The smallest absolute Gasteiger partial charge is 0.135 e. The lowest BCUT2D eigenvalue weighted by atomic mass is 9.70. The molecule has 0 radical (unpaired) electrons. The summed E-state index contributed by atoms with van der Waals surface area (Å²) in [6.07, 6.45) is 5.73. The van der Waals surface area contributed by atoms with Crippen molar-refractivity contribution in [1.82, 2.24) is 4.98 Å². The molecule has 3 nitrogen and oxygen atoms in total. The summed E-state index contributed by atoms with van der Waals surface area (Å²) >= 11 is 0. The van der Waals surface area contributed by atoms with Gasteiger partial charge >= 0.3 is 0 Å². The molecule has 4 heterocycles. The predicted octanol–water partition coefficient (Wildman–Crippen LogP) is 9.63. The lowest BCUT2D eigenvalue weighted by molar-refractivity contribution is -0.985. The van der Waals surface area contributed by atoms with Gasteiger partial charge in [-0.2, -0.15) is 0 Å². The largest absolute Gasteiger partial charge is 0.363 e. The molecule has 220 valence electrons. The molecule has 44 heavy (non-hydrogen) atoms. The molecule has 0 aliphatic carbocycles. The molecule has 6 aromatic rings. The van der Waals surface area contributed by atoms with Gasteiger partial charge in [0.25, 0.3) is 0 Å². The van der Waals surface area contributed by atoms with Gasteiger partial charge in [-0.25, -0.2) is 0 Å². The van der Waals surface area contributed by atoms with Crippen LogP contribution in [0.25, 0.3) is 32.4 Å². The average Bonchev–Trinajstić information content (AvgIpc) is 3.09. The monoisotopic (exact) mass is 577 g/mol. The SMILES string of the molecule is CCC1C[N+]2(Cc3c4ccccc4cc4ccccc34)CCC1C[C@@H]2C(OCc1ccccc1)c1ccnc2ccccc12. The van der Waals surface area contributed by atoms with Crippen LogP contribution in [0.5, 0.6) is 0 Å². The average molecular weight is 578 g/mol. The highest BCUT2D eigenvalue weighted by molar-refractivity contribution is 6.02. The van der Waals surface area contributed by atoms with Crippen LogP contribution in [0.4, 0.5) is 0 Å². The minimum Gasteiger partial charge on any atom is -0.363 e. The van der Waals surface area contributed by atoms with E-state index in [9.17, 15) is 0 Å². The van der Waals surface area contributed by atoms with E-state index in [4.69, 9.17) is 9.72 Å². The highest BCUT2D eigenvalue weighted by Crippen LogP contribution is 2.50. The molecule has 3 fully saturated rings. The van der Waals surface area contributed by atoms with Gasteiger partial charge in [0.2, 0.25) is 0 Å². The standard InChI is InChI=1S/C41H41N2O/c1-2-30-26-43(27-38-34-16-8-6-14-32(34)24-33-15-7-9-17-35(33)38)23-21-31(30)25-40(43)41(44-28-29-12-4-3-5-13-29)37-20-22-42-39-19-11-10-18-36(37)39/h3-20,22,24,30-31,40-41H,2,21,23,25-28H2,1H3/q+1/t30?,31?,40-,41?,43?/m1/s1. The maximum absolute atomic E-state index is 7.18. The van der Waals surface area contributed by atoms with Crippen LogP contribution in [0.1, 0.15) is 49.0 Å². The van der Waals surface area contributed by atoms with Crippen LogP contribution in [0, 0.1) is 11.8 Å². The topological polar surface area (TPSA) is 22.1 Å². The number of fused-ring (bicyclic) bond motifs is 6. The van der Waals surface area contributed by atoms with Gasteiger partial charge in [0, 0.05) is 35.9 Å². The number of ether oxygens (including phenoxy) is 1. The summed E-state index contributed by atoms with van der Waals surface area (Å²) in [5.41, 5.74) is 5.06. The Morgan fingerprint density at radius 2 is 1.48 bits per heavy atom. The summed E-state index contributed by atoms with van der Waals surface area (Å²) in [4.78, 5) is 4.75. The third-order valence-corrected chi connectivity index (χ3v) is 10.9. The van der Waals surface area contributed by atoms with E-state index in [0.717, 1.165) is 28.4 Å². The molecular weight excluding hydrogens is 536 g/mol. The number of piperidine rings is 3. The summed E-state index contributed by atoms with van der Waals surface area (Å²) in [7, 11) is 0. The zero-order valence-corrected chi connectivity index (χ0v) is 25.6. The van der Waals surface area contributed by atoms with Gasteiger partial charge < -0.3 is 9.22 Å². The van der Waals surface area contributed by atoms with E-state index in [1.807, 2.05) is 6.20 Å². The first kappa shape index (κ1) is 27.5. The number of aromatic nitrogens is 1. The van der Waals surface area contributed by atoms with E-state index in [-0.39, 0.29) is 6.10 Å². The Labute approximate surface area is 260 Å². The summed E-state index contributed by atoms with van der Waals surface area (Å²) < 4.78 is 8.26.